The van der Waals surface area contributed by atoms with Crippen molar-refractivity contribution in [1.82, 2.24) is 10.2 Å². The van der Waals surface area contributed by atoms with Gasteiger partial charge < -0.3 is 20.1 Å². The molecular weight excluding hydrogens is 360 g/mol. The molecule has 0 bridgehead atoms. The number of carbonyl (C=O) groups excluding carboxylic acids is 1. The second-order valence-corrected chi connectivity index (χ2v) is 7.63. The maximum Gasteiger partial charge on any atom is 0.234 e. The largest absolute Gasteiger partial charge is 0.495 e. The van der Waals surface area contributed by atoms with Gasteiger partial charge in [-0.25, -0.2) is 0 Å². The SMILES string of the molecule is COc1ccccc1NC(=O)CSc1nnc(NCC2CCCO2)s1. The summed E-state index contributed by atoms with van der Waals surface area (Å²) in [5.41, 5.74) is 0.659. The highest BCUT2D eigenvalue weighted by Crippen LogP contribution is 2.27. The zero-order valence-electron chi connectivity index (χ0n) is 13.9. The van der Waals surface area contributed by atoms with Gasteiger partial charge in [-0.3, -0.25) is 4.79 Å². The lowest BCUT2D eigenvalue weighted by molar-refractivity contribution is -0.113. The normalized spacial score (nSPS) is 16.6. The second-order valence-electron chi connectivity index (χ2n) is 5.43. The molecule has 3 rings (SSSR count). The average Bonchev–Trinajstić information content (AvgIpc) is 3.30. The third-order valence-electron chi connectivity index (χ3n) is 3.62. The molecule has 1 unspecified atom stereocenters. The number of nitrogens with one attached hydrogen (secondary N) is 2. The zero-order valence-corrected chi connectivity index (χ0v) is 15.5. The Morgan fingerprint density at radius 2 is 2.32 bits per heavy atom. The molecule has 2 aromatic rings. The van der Waals surface area contributed by atoms with Crippen molar-refractivity contribution in [2.75, 3.05) is 36.6 Å². The van der Waals surface area contributed by atoms with Crippen LogP contribution < -0.4 is 15.4 Å². The van der Waals surface area contributed by atoms with E-state index in [9.17, 15) is 4.79 Å². The lowest BCUT2D eigenvalue weighted by Crippen LogP contribution is -2.18. The number of thioether (sulfide) groups is 1. The topological polar surface area (TPSA) is 85.4 Å². The number of anilines is 2. The van der Waals surface area contributed by atoms with Crippen molar-refractivity contribution in [3.8, 4) is 5.75 Å². The highest BCUT2D eigenvalue weighted by atomic mass is 32.2. The molecular formula is C16H20N4O3S2. The van der Waals surface area contributed by atoms with Crippen molar-refractivity contribution in [3.05, 3.63) is 24.3 Å². The van der Waals surface area contributed by atoms with E-state index in [0.29, 0.717) is 11.4 Å². The molecule has 1 saturated heterocycles. The molecule has 1 aromatic heterocycles. The maximum atomic E-state index is 12.1. The van der Waals surface area contributed by atoms with Crippen LogP contribution in [0.15, 0.2) is 28.6 Å². The van der Waals surface area contributed by atoms with Crippen molar-refractivity contribution in [2.24, 2.45) is 0 Å². The number of carbonyl (C=O) groups is 1. The summed E-state index contributed by atoms with van der Waals surface area (Å²) in [6.45, 7) is 1.58. The van der Waals surface area contributed by atoms with Gasteiger partial charge in [0.25, 0.3) is 0 Å². The molecule has 1 amide bonds. The van der Waals surface area contributed by atoms with Crippen LogP contribution in [0.5, 0.6) is 5.75 Å². The first-order valence-corrected chi connectivity index (χ1v) is 9.79. The van der Waals surface area contributed by atoms with E-state index in [-0.39, 0.29) is 17.8 Å². The smallest absolute Gasteiger partial charge is 0.234 e. The Hall–Kier alpha value is -1.84. The monoisotopic (exact) mass is 380 g/mol. The fraction of sp³-hybridized carbons (Fsp3) is 0.438. The number of hydrogen-bond donors (Lipinski definition) is 2. The average molecular weight is 380 g/mol. The molecule has 25 heavy (non-hydrogen) atoms. The molecule has 0 spiro atoms. The predicted octanol–water partition coefficient (Wildman–Crippen LogP) is 2.87. The van der Waals surface area contributed by atoms with Gasteiger partial charge in [-0.15, -0.1) is 10.2 Å². The molecule has 1 aliphatic rings. The molecule has 0 saturated carbocycles. The minimum atomic E-state index is -0.112. The summed E-state index contributed by atoms with van der Waals surface area (Å²) < 4.78 is 11.5. The van der Waals surface area contributed by atoms with Gasteiger partial charge in [0, 0.05) is 13.2 Å². The number of methoxy groups -OCH3 is 1. The number of aromatic nitrogens is 2. The van der Waals surface area contributed by atoms with E-state index in [1.165, 1.54) is 23.1 Å². The Labute approximate surface area is 154 Å². The van der Waals surface area contributed by atoms with E-state index in [1.807, 2.05) is 12.1 Å². The summed E-state index contributed by atoms with van der Waals surface area (Å²) in [5, 5.41) is 15.0. The Bertz CT molecular complexity index is 704. The van der Waals surface area contributed by atoms with Crippen molar-refractivity contribution >= 4 is 39.8 Å². The van der Waals surface area contributed by atoms with Gasteiger partial charge in [0.1, 0.15) is 5.75 Å². The van der Waals surface area contributed by atoms with Gasteiger partial charge in [0.15, 0.2) is 4.34 Å². The molecule has 0 radical (unpaired) electrons. The van der Waals surface area contributed by atoms with Crippen molar-refractivity contribution in [1.29, 1.82) is 0 Å². The predicted molar refractivity (Wildman–Crippen MR) is 99.7 cm³/mol. The minimum absolute atomic E-state index is 0.112. The van der Waals surface area contributed by atoms with Gasteiger partial charge in [-0.1, -0.05) is 35.2 Å². The highest BCUT2D eigenvalue weighted by Gasteiger charge is 2.16. The fourth-order valence-electron chi connectivity index (χ4n) is 2.41. The molecule has 9 heteroatoms. The van der Waals surface area contributed by atoms with Crippen LogP contribution in [0.25, 0.3) is 0 Å². The van der Waals surface area contributed by atoms with Gasteiger partial charge >= 0.3 is 0 Å². The Kier molecular flexibility index (Phi) is 6.48. The molecule has 2 heterocycles. The van der Waals surface area contributed by atoms with Crippen LogP contribution in [0.1, 0.15) is 12.8 Å². The number of rotatable bonds is 8. The summed E-state index contributed by atoms with van der Waals surface area (Å²) in [5.74, 6) is 0.786. The third kappa shape index (κ3) is 5.32. The second kappa shape index (κ2) is 9.02. The van der Waals surface area contributed by atoms with E-state index in [4.69, 9.17) is 9.47 Å². The highest BCUT2D eigenvalue weighted by molar-refractivity contribution is 8.01. The first kappa shape index (κ1) is 18.0. The van der Waals surface area contributed by atoms with Crippen LogP contribution in [0, 0.1) is 0 Å². The number of amides is 1. The van der Waals surface area contributed by atoms with E-state index in [1.54, 1.807) is 19.2 Å². The van der Waals surface area contributed by atoms with Gasteiger partial charge in [-0.2, -0.15) is 0 Å². The molecule has 1 fully saturated rings. The number of para-hydroxylation sites is 2. The number of nitrogens with zero attached hydrogens (tertiary/aromatic N) is 2. The molecule has 0 aliphatic carbocycles. The summed E-state index contributed by atoms with van der Waals surface area (Å²) in [6.07, 6.45) is 2.45. The standard InChI is InChI=1S/C16H20N4O3S2/c1-22-13-7-3-2-6-12(13)18-14(21)10-24-16-20-19-15(25-16)17-9-11-5-4-8-23-11/h2-3,6-7,11H,4-5,8-10H2,1H3,(H,17,19)(H,18,21). The van der Waals surface area contributed by atoms with Crippen LogP contribution in [-0.4, -0.2) is 48.2 Å². The number of hydrogen-bond acceptors (Lipinski definition) is 8. The Morgan fingerprint density at radius 3 is 3.12 bits per heavy atom. The molecule has 2 N–H and O–H groups in total. The molecule has 1 atom stereocenters. The van der Waals surface area contributed by atoms with E-state index < -0.39 is 0 Å². The number of benzene rings is 1. The lowest BCUT2D eigenvalue weighted by atomic mass is 10.2. The van der Waals surface area contributed by atoms with Crippen molar-refractivity contribution in [3.63, 3.8) is 0 Å². The van der Waals surface area contributed by atoms with Crippen molar-refractivity contribution < 1.29 is 14.3 Å². The minimum Gasteiger partial charge on any atom is -0.495 e. The van der Waals surface area contributed by atoms with E-state index >= 15 is 0 Å². The summed E-state index contributed by atoms with van der Waals surface area (Å²) in [6, 6.07) is 7.32. The van der Waals surface area contributed by atoms with E-state index in [0.717, 1.165) is 35.5 Å². The quantitative estimate of drug-likeness (QED) is 0.681. The maximum absolute atomic E-state index is 12.1. The molecule has 134 valence electrons. The van der Waals surface area contributed by atoms with Gasteiger partial charge in [0.05, 0.1) is 24.7 Å². The Balaban J connectivity index is 1.44. The van der Waals surface area contributed by atoms with Crippen LogP contribution in [0.2, 0.25) is 0 Å². The summed E-state index contributed by atoms with van der Waals surface area (Å²) in [4.78, 5) is 12.1. The first-order valence-electron chi connectivity index (χ1n) is 7.99. The van der Waals surface area contributed by atoms with Crippen molar-refractivity contribution in [2.45, 2.75) is 23.3 Å². The van der Waals surface area contributed by atoms with E-state index in [2.05, 4.69) is 20.8 Å². The summed E-state index contributed by atoms with van der Waals surface area (Å²) in [7, 11) is 1.58. The molecule has 1 aromatic carbocycles. The van der Waals surface area contributed by atoms with Crippen LogP contribution in [-0.2, 0) is 9.53 Å². The van der Waals surface area contributed by atoms with Crippen LogP contribution in [0.4, 0.5) is 10.8 Å². The third-order valence-corrected chi connectivity index (χ3v) is 5.63. The lowest BCUT2D eigenvalue weighted by Gasteiger charge is -2.09. The fourth-order valence-corrected chi connectivity index (χ4v) is 3.97. The van der Waals surface area contributed by atoms with Gasteiger partial charge in [0.2, 0.25) is 11.0 Å². The Morgan fingerprint density at radius 1 is 1.44 bits per heavy atom. The zero-order chi connectivity index (χ0) is 17.5. The van der Waals surface area contributed by atoms with Crippen LogP contribution in [0.3, 0.4) is 0 Å². The van der Waals surface area contributed by atoms with Crippen LogP contribution >= 0.6 is 23.1 Å². The first-order chi connectivity index (χ1) is 12.2. The molecule has 7 nitrogen and oxygen atoms in total. The van der Waals surface area contributed by atoms with Gasteiger partial charge in [-0.05, 0) is 25.0 Å². The summed E-state index contributed by atoms with van der Waals surface area (Å²) >= 11 is 2.80. The number of ether oxygens (including phenoxy) is 2. The molecule has 1 aliphatic heterocycles.